The summed E-state index contributed by atoms with van der Waals surface area (Å²) in [4.78, 5) is 0. The van der Waals surface area contributed by atoms with E-state index in [1.54, 1.807) is 0 Å². The average Bonchev–Trinajstić information content (AvgIpc) is 0.757. The quantitative estimate of drug-likeness (QED) is 0.0392. The predicted molar refractivity (Wildman–Crippen MR) is 391 cm³/mol. The second-order valence-corrected chi connectivity index (χ2v) is 26.2. The van der Waals surface area contributed by atoms with E-state index in [0.717, 1.165) is 55.6 Å². The fourth-order valence-corrected chi connectivity index (χ4v) is 13.1. The molecule has 1 N–H and O–H groups in total. The van der Waals surface area contributed by atoms with E-state index < -0.39 is 92.1 Å². The molecule has 16 nitrogen and oxygen atoms in total. The molecule has 3 fully saturated rings. The van der Waals surface area contributed by atoms with Gasteiger partial charge in [0.2, 0.25) is 0 Å². The molecule has 0 amide bonds. The fraction of sp³-hybridized carbons (Fsp3) is 0.318. The number of benzene rings is 10. The number of rotatable bonds is 37. The van der Waals surface area contributed by atoms with Gasteiger partial charge in [-0.1, -0.05) is 303 Å². The van der Waals surface area contributed by atoms with E-state index in [-0.39, 0.29) is 85.9 Å². The van der Waals surface area contributed by atoms with Gasteiger partial charge in [0.25, 0.3) is 0 Å². The summed E-state index contributed by atoms with van der Waals surface area (Å²) in [5.41, 5.74) is 9.17. The minimum Gasteiger partial charge on any atom is -0.387 e. The third-order valence-corrected chi connectivity index (χ3v) is 18.5. The van der Waals surface area contributed by atoms with Crippen molar-refractivity contribution < 1.29 is 76.2 Å². The van der Waals surface area contributed by atoms with E-state index in [1.807, 2.05) is 303 Å². The summed E-state index contributed by atoms with van der Waals surface area (Å²) in [5.74, 6) is 0. The molecule has 104 heavy (non-hydrogen) atoms. The van der Waals surface area contributed by atoms with Crippen molar-refractivity contribution in [1.82, 2.24) is 0 Å². The molecule has 3 aliphatic rings. The molecule has 0 bridgehead atoms. The fourth-order valence-electron chi connectivity index (χ4n) is 13.1. The summed E-state index contributed by atoms with van der Waals surface area (Å²) in [6, 6.07) is 99.2. The van der Waals surface area contributed by atoms with Crippen LogP contribution in [0.2, 0.25) is 0 Å². The molecule has 10 aromatic rings. The van der Waals surface area contributed by atoms with Crippen LogP contribution >= 0.6 is 0 Å². The van der Waals surface area contributed by atoms with E-state index in [2.05, 4.69) is 0 Å². The molecule has 0 aromatic heterocycles. The van der Waals surface area contributed by atoms with Gasteiger partial charge in [-0.2, -0.15) is 0 Å². The van der Waals surface area contributed by atoms with Crippen molar-refractivity contribution in [2.45, 2.75) is 158 Å². The molecular weight excluding hydrogens is 1310 g/mol. The number of ether oxygens (including phenoxy) is 15. The molecule has 3 aliphatic heterocycles. The molecule has 15 atom stereocenters. The summed E-state index contributed by atoms with van der Waals surface area (Å²) < 4.78 is 108. The molecule has 0 spiro atoms. The van der Waals surface area contributed by atoms with Gasteiger partial charge in [-0.15, -0.1) is 0 Å². The molecule has 3 saturated heterocycles. The highest BCUT2D eigenvalue weighted by Crippen LogP contribution is 2.40. The van der Waals surface area contributed by atoms with Crippen molar-refractivity contribution >= 4 is 0 Å². The molecular formula is C88H92O16. The minimum absolute atomic E-state index is 0.00945. The normalized spacial score (nSPS) is 24.8. The number of aliphatic hydroxyl groups excluding tert-OH is 1. The zero-order valence-electron chi connectivity index (χ0n) is 58.3. The molecule has 0 saturated carbocycles. The Morgan fingerprint density at radius 3 is 0.692 bits per heavy atom. The maximum Gasteiger partial charge on any atom is 0.187 e. The first-order chi connectivity index (χ1) is 51.5. The maximum absolute atomic E-state index is 13.2. The average molecular weight is 1410 g/mol. The monoisotopic (exact) mass is 1400 g/mol. The van der Waals surface area contributed by atoms with Gasteiger partial charge in [-0.05, 0) is 55.6 Å². The van der Waals surface area contributed by atoms with Crippen molar-refractivity contribution in [1.29, 1.82) is 0 Å². The van der Waals surface area contributed by atoms with Gasteiger partial charge >= 0.3 is 0 Å². The molecule has 3 heterocycles. The summed E-state index contributed by atoms with van der Waals surface area (Å²) >= 11 is 0. The smallest absolute Gasteiger partial charge is 0.187 e. The standard InChI is InChI=1S/C88H92O16/c89-77-78(93-54-67-37-17-4-18-38-67)74(61-90-51-64-31-11-1-12-32-64)101-87(81(77)94-55-68-39-19-5-20-40-68)103-80-76(63-92-53-66-35-15-3-16-36-66)102-88(85(98-59-72-47-27-9-28-48-72)83(80)96-57-70-43-23-7-24-44-70)104-79-75(62-91-52-65-33-13-2-14-34-65)100-86(99-60-73-49-29-10-30-50-73)84(97-58-71-45-25-8-26-46-71)82(79)95-56-69-41-21-6-22-42-69/h1-50,74-89H,51-63H2/t74-,75-,76-,77+,78-,79-,80-,81-,82+,83+,84-,85-,86-,87-,88-/m1/s1. The first-order valence-electron chi connectivity index (χ1n) is 35.9. The molecule has 16 heteroatoms. The lowest BCUT2D eigenvalue weighted by Crippen LogP contribution is -2.68. The summed E-state index contributed by atoms with van der Waals surface area (Å²) in [5, 5.41) is 13.2. The second-order valence-electron chi connectivity index (χ2n) is 26.2. The van der Waals surface area contributed by atoms with Crippen molar-refractivity contribution in [3.63, 3.8) is 0 Å². The van der Waals surface area contributed by atoms with Gasteiger partial charge in [0.05, 0.1) is 85.9 Å². The van der Waals surface area contributed by atoms with E-state index in [0.29, 0.717) is 0 Å². The van der Waals surface area contributed by atoms with Crippen LogP contribution in [0.25, 0.3) is 0 Å². The summed E-state index contributed by atoms with van der Waals surface area (Å²) in [7, 11) is 0. The third kappa shape index (κ3) is 21.6. The Morgan fingerprint density at radius 1 is 0.202 bits per heavy atom. The highest BCUT2D eigenvalue weighted by molar-refractivity contribution is 5.21. The van der Waals surface area contributed by atoms with Crippen LogP contribution in [0, 0.1) is 0 Å². The first kappa shape index (κ1) is 73.9. The summed E-state index contributed by atoms with van der Waals surface area (Å²) in [6.07, 6.45) is -16.2. The summed E-state index contributed by atoms with van der Waals surface area (Å²) in [6.45, 7) is 1.67. The van der Waals surface area contributed by atoms with Crippen molar-refractivity contribution in [2.24, 2.45) is 0 Å². The van der Waals surface area contributed by atoms with Gasteiger partial charge in [0.15, 0.2) is 18.9 Å². The highest BCUT2D eigenvalue weighted by atomic mass is 16.8. The zero-order valence-corrected chi connectivity index (χ0v) is 58.3. The van der Waals surface area contributed by atoms with E-state index in [1.165, 1.54) is 0 Å². The second kappa shape index (κ2) is 39.6. The van der Waals surface area contributed by atoms with Gasteiger partial charge in [-0.25, -0.2) is 0 Å². The van der Waals surface area contributed by atoms with Crippen LogP contribution in [0.4, 0.5) is 0 Å². The Bertz CT molecular complexity index is 3960. The minimum atomic E-state index is -1.34. The lowest BCUT2D eigenvalue weighted by atomic mass is 9.95. The van der Waals surface area contributed by atoms with Gasteiger partial charge in [-0.3, -0.25) is 0 Å². The molecule has 13 rings (SSSR count). The van der Waals surface area contributed by atoms with E-state index in [9.17, 15) is 5.11 Å². The Morgan fingerprint density at radius 2 is 0.404 bits per heavy atom. The van der Waals surface area contributed by atoms with Gasteiger partial charge in [0, 0.05) is 0 Å². The Kier molecular flexibility index (Phi) is 28.1. The van der Waals surface area contributed by atoms with Crippen LogP contribution in [0.5, 0.6) is 0 Å². The van der Waals surface area contributed by atoms with E-state index >= 15 is 0 Å². The number of hydrogen-bond donors (Lipinski definition) is 1. The van der Waals surface area contributed by atoms with Crippen molar-refractivity contribution in [3.8, 4) is 0 Å². The Balaban J connectivity index is 0.919. The Hall–Kier alpha value is -8.44. The molecule has 0 unspecified atom stereocenters. The predicted octanol–water partition coefficient (Wildman–Crippen LogP) is 14.7. The van der Waals surface area contributed by atoms with Crippen LogP contribution in [0.15, 0.2) is 303 Å². The lowest BCUT2D eigenvalue weighted by Gasteiger charge is -2.51. The van der Waals surface area contributed by atoms with Crippen LogP contribution in [0.3, 0.4) is 0 Å². The van der Waals surface area contributed by atoms with Crippen molar-refractivity contribution in [2.75, 3.05) is 19.8 Å². The van der Waals surface area contributed by atoms with Crippen LogP contribution in [-0.4, -0.2) is 117 Å². The van der Waals surface area contributed by atoms with Crippen LogP contribution in [0.1, 0.15) is 55.6 Å². The highest BCUT2D eigenvalue weighted by Gasteiger charge is 2.57. The first-order valence-corrected chi connectivity index (χ1v) is 35.9. The maximum atomic E-state index is 13.2. The molecule has 0 aliphatic carbocycles. The molecule has 10 aromatic carbocycles. The number of aliphatic hydroxyl groups is 1. The largest absolute Gasteiger partial charge is 0.387 e. The third-order valence-electron chi connectivity index (χ3n) is 18.5. The van der Waals surface area contributed by atoms with Crippen molar-refractivity contribution in [3.05, 3.63) is 359 Å². The molecule has 540 valence electrons. The van der Waals surface area contributed by atoms with Crippen LogP contribution < -0.4 is 0 Å². The van der Waals surface area contributed by atoms with Gasteiger partial charge in [0.1, 0.15) is 73.2 Å². The van der Waals surface area contributed by atoms with Crippen LogP contribution in [-0.2, 0) is 137 Å². The van der Waals surface area contributed by atoms with Gasteiger partial charge < -0.3 is 76.2 Å². The van der Waals surface area contributed by atoms with E-state index in [4.69, 9.17) is 71.1 Å². The Labute approximate surface area is 610 Å². The SMILES string of the molecule is O[C@@H]1[C@@H](OCc2ccccc2)[C@@H](O[C@H]2[C@H](OCc3ccccc3)[C@@H](OCc3ccccc3)[C@@H](O[C@H]3[C@H](OCc4ccccc4)[C@@H](OCc4ccccc4)[C@H](OCc4ccccc4)O[C@@H]3COCc3ccccc3)O[C@@H]2COCc2ccccc2)O[C@H](COCc2ccccc2)[C@H]1OCc1ccccc1. The number of hydrogen-bond acceptors (Lipinski definition) is 16. The molecule has 0 radical (unpaired) electrons. The topological polar surface area (TPSA) is 159 Å². The zero-order chi connectivity index (χ0) is 70.6. The lowest BCUT2D eigenvalue weighted by molar-refractivity contribution is -0.394.